The van der Waals surface area contributed by atoms with Crippen molar-refractivity contribution in [3.63, 3.8) is 0 Å². The van der Waals surface area contributed by atoms with Crippen molar-refractivity contribution in [2.24, 2.45) is 0 Å². The number of halogens is 1. The lowest BCUT2D eigenvalue weighted by Gasteiger charge is -2.14. The highest BCUT2D eigenvalue weighted by Gasteiger charge is 2.22. The van der Waals surface area contributed by atoms with Gasteiger partial charge in [0.05, 0.1) is 11.6 Å². The molecular formula is C10H11BrO4. The number of hydrogen-bond acceptors (Lipinski definition) is 3. The zero-order valence-electron chi connectivity index (χ0n) is 8.32. The Kier molecular flexibility index (Phi) is 3.71. The van der Waals surface area contributed by atoms with Crippen LogP contribution >= 0.6 is 15.9 Å². The predicted octanol–water partition coefficient (Wildman–Crippen LogP) is 1.88. The van der Waals surface area contributed by atoms with Gasteiger partial charge < -0.3 is 14.9 Å². The minimum absolute atomic E-state index is 0.238. The fourth-order valence-corrected chi connectivity index (χ4v) is 1.75. The maximum Gasteiger partial charge on any atom is 0.337 e. The number of methoxy groups -OCH3 is 1. The molecule has 0 aromatic heterocycles. The third-order valence-electron chi connectivity index (χ3n) is 2.05. The zero-order chi connectivity index (χ0) is 11.6. The Morgan fingerprint density at radius 1 is 1.53 bits per heavy atom. The van der Waals surface area contributed by atoms with Crippen LogP contribution in [-0.4, -0.2) is 23.3 Å². The van der Waals surface area contributed by atoms with Crippen LogP contribution in [0.5, 0.6) is 5.75 Å². The number of aliphatic hydroxyl groups excluding tert-OH is 1. The Bertz CT molecular complexity index is 389. The normalized spacial score (nSPS) is 12.3. The van der Waals surface area contributed by atoms with Gasteiger partial charge in [0.2, 0.25) is 0 Å². The van der Waals surface area contributed by atoms with E-state index in [-0.39, 0.29) is 5.56 Å². The van der Waals surface area contributed by atoms with Gasteiger partial charge in [-0.25, -0.2) is 4.79 Å². The summed E-state index contributed by atoms with van der Waals surface area (Å²) < 4.78 is 5.71. The standard InChI is InChI=1S/C10H11BrO4/c1-5-3-4-6(8(12)10(13)14)9(15-2)7(5)11/h3-4,8,12H,1-2H3,(H,13,14). The molecule has 0 aliphatic heterocycles. The minimum Gasteiger partial charge on any atom is -0.495 e. The lowest BCUT2D eigenvalue weighted by Crippen LogP contribution is -2.12. The van der Waals surface area contributed by atoms with Crippen LogP contribution in [0.25, 0.3) is 0 Å². The van der Waals surface area contributed by atoms with Gasteiger partial charge in [-0.1, -0.05) is 12.1 Å². The third-order valence-corrected chi connectivity index (χ3v) is 3.04. The van der Waals surface area contributed by atoms with Gasteiger partial charge in [-0.2, -0.15) is 0 Å². The number of aliphatic carboxylic acids is 1. The van der Waals surface area contributed by atoms with Crippen molar-refractivity contribution < 1.29 is 19.7 Å². The van der Waals surface area contributed by atoms with Crippen LogP contribution in [0.4, 0.5) is 0 Å². The van der Waals surface area contributed by atoms with Crippen LogP contribution in [0.15, 0.2) is 16.6 Å². The van der Waals surface area contributed by atoms with Crippen molar-refractivity contribution in [1.82, 2.24) is 0 Å². The topological polar surface area (TPSA) is 66.8 Å². The van der Waals surface area contributed by atoms with E-state index in [0.717, 1.165) is 5.56 Å². The number of aryl methyl sites for hydroxylation is 1. The van der Waals surface area contributed by atoms with E-state index in [1.807, 2.05) is 6.92 Å². The Labute approximate surface area is 95.6 Å². The summed E-state index contributed by atoms with van der Waals surface area (Å²) in [5, 5.41) is 18.1. The predicted molar refractivity (Wildman–Crippen MR) is 58.0 cm³/mol. The highest BCUT2D eigenvalue weighted by molar-refractivity contribution is 9.10. The Balaban J connectivity index is 3.30. The van der Waals surface area contributed by atoms with Crippen LogP contribution in [0, 0.1) is 6.92 Å². The minimum atomic E-state index is -1.57. The molecule has 0 heterocycles. The quantitative estimate of drug-likeness (QED) is 0.883. The molecule has 1 aromatic rings. The van der Waals surface area contributed by atoms with Crippen molar-refractivity contribution in [3.8, 4) is 5.75 Å². The smallest absolute Gasteiger partial charge is 0.337 e. The van der Waals surface area contributed by atoms with Crippen LogP contribution in [0.2, 0.25) is 0 Å². The first kappa shape index (κ1) is 12.0. The molecule has 0 bridgehead atoms. The average molecular weight is 275 g/mol. The number of carbonyl (C=O) groups is 1. The van der Waals surface area contributed by atoms with Gasteiger partial charge >= 0.3 is 5.97 Å². The first-order valence-corrected chi connectivity index (χ1v) is 5.02. The molecule has 0 spiro atoms. The van der Waals surface area contributed by atoms with Crippen molar-refractivity contribution >= 4 is 21.9 Å². The van der Waals surface area contributed by atoms with Crippen molar-refractivity contribution in [1.29, 1.82) is 0 Å². The molecule has 0 amide bonds. The molecular weight excluding hydrogens is 264 g/mol. The molecule has 0 aliphatic rings. The number of carboxylic acid groups (broad SMARTS) is 1. The number of benzene rings is 1. The summed E-state index contributed by atoms with van der Waals surface area (Å²) in [6.45, 7) is 1.85. The zero-order valence-corrected chi connectivity index (χ0v) is 9.91. The maximum absolute atomic E-state index is 10.6. The Morgan fingerprint density at radius 2 is 2.13 bits per heavy atom. The SMILES string of the molecule is COc1c(C(O)C(=O)O)ccc(C)c1Br. The van der Waals surface area contributed by atoms with Gasteiger partial charge in [-0.3, -0.25) is 0 Å². The Morgan fingerprint density at radius 3 is 2.60 bits per heavy atom. The molecule has 0 aliphatic carbocycles. The van der Waals surface area contributed by atoms with E-state index < -0.39 is 12.1 Å². The molecule has 5 heteroatoms. The lowest BCUT2D eigenvalue weighted by atomic mass is 10.1. The molecule has 0 radical (unpaired) electrons. The summed E-state index contributed by atoms with van der Waals surface area (Å²) in [4.78, 5) is 10.6. The maximum atomic E-state index is 10.6. The number of rotatable bonds is 3. The molecule has 4 nitrogen and oxygen atoms in total. The van der Waals surface area contributed by atoms with E-state index in [0.29, 0.717) is 10.2 Å². The molecule has 15 heavy (non-hydrogen) atoms. The van der Waals surface area contributed by atoms with E-state index in [1.165, 1.54) is 13.2 Å². The second kappa shape index (κ2) is 4.63. The first-order valence-electron chi connectivity index (χ1n) is 4.23. The van der Waals surface area contributed by atoms with Gasteiger partial charge in [0.15, 0.2) is 6.10 Å². The number of ether oxygens (including phenoxy) is 1. The van der Waals surface area contributed by atoms with E-state index >= 15 is 0 Å². The van der Waals surface area contributed by atoms with Crippen molar-refractivity contribution in [2.75, 3.05) is 7.11 Å². The largest absolute Gasteiger partial charge is 0.495 e. The summed E-state index contributed by atoms with van der Waals surface area (Å²) in [5.74, 6) is -0.950. The molecule has 1 aromatic carbocycles. The average Bonchev–Trinajstić information content (AvgIpc) is 2.20. The van der Waals surface area contributed by atoms with E-state index in [4.69, 9.17) is 9.84 Å². The Hall–Kier alpha value is -1.07. The molecule has 1 atom stereocenters. The summed E-state index contributed by atoms with van der Waals surface area (Å²) in [7, 11) is 1.43. The second-order valence-electron chi connectivity index (χ2n) is 3.06. The number of aliphatic hydroxyl groups is 1. The van der Waals surface area contributed by atoms with Crippen LogP contribution in [0.1, 0.15) is 17.2 Å². The number of carboxylic acids is 1. The molecule has 0 fully saturated rings. The molecule has 0 saturated carbocycles. The fraction of sp³-hybridized carbons (Fsp3) is 0.300. The van der Waals surface area contributed by atoms with E-state index in [2.05, 4.69) is 15.9 Å². The molecule has 1 unspecified atom stereocenters. The van der Waals surface area contributed by atoms with Gasteiger partial charge in [0, 0.05) is 5.56 Å². The molecule has 0 saturated heterocycles. The highest BCUT2D eigenvalue weighted by Crippen LogP contribution is 2.35. The summed E-state index contributed by atoms with van der Waals surface area (Å²) in [6, 6.07) is 3.26. The third kappa shape index (κ3) is 2.30. The monoisotopic (exact) mass is 274 g/mol. The summed E-state index contributed by atoms with van der Waals surface area (Å²) >= 11 is 3.28. The van der Waals surface area contributed by atoms with Crippen LogP contribution in [0.3, 0.4) is 0 Å². The molecule has 2 N–H and O–H groups in total. The first-order chi connectivity index (χ1) is 6.99. The van der Waals surface area contributed by atoms with Gasteiger partial charge in [0.25, 0.3) is 0 Å². The van der Waals surface area contributed by atoms with Crippen molar-refractivity contribution in [2.45, 2.75) is 13.0 Å². The van der Waals surface area contributed by atoms with E-state index in [1.54, 1.807) is 6.07 Å². The molecule has 1 rings (SSSR count). The lowest BCUT2D eigenvalue weighted by molar-refractivity contribution is -0.147. The van der Waals surface area contributed by atoms with Gasteiger partial charge in [-0.05, 0) is 28.4 Å². The fourth-order valence-electron chi connectivity index (χ4n) is 1.23. The van der Waals surface area contributed by atoms with E-state index in [9.17, 15) is 9.90 Å². The van der Waals surface area contributed by atoms with Crippen LogP contribution in [-0.2, 0) is 4.79 Å². The molecule has 82 valence electrons. The van der Waals surface area contributed by atoms with Gasteiger partial charge in [0.1, 0.15) is 5.75 Å². The highest BCUT2D eigenvalue weighted by atomic mass is 79.9. The van der Waals surface area contributed by atoms with Crippen molar-refractivity contribution in [3.05, 3.63) is 27.7 Å². The number of hydrogen-bond donors (Lipinski definition) is 2. The second-order valence-corrected chi connectivity index (χ2v) is 3.85. The van der Waals surface area contributed by atoms with Crippen LogP contribution < -0.4 is 4.74 Å². The van der Waals surface area contributed by atoms with Gasteiger partial charge in [-0.15, -0.1) is 0 Å². The summed E-state index contributed by atoms with van der Waals surface area (Å²) in [6.07, 6.45) is -1.57. The summed E-state index contributed by atoms with van der Waals surface area (Å²) in [5.41, 5.74) is 1.15.